The highest BCUT2D eigenvalue weighted by atomic mass is 16.2. The van der Waals surface area contributed by atoms with Gasteiger partial charge in [0.1, 0.15) is 0 Å². The first kappa shape index (κ1) is 21.1. The summed E-state index contributed by atoms with van der Waals surface area (Å²) in [5, 5.41) is 0.789. The Bertz CT molecular complexity index is 1310. The minimum atomic E-state index is -0.441. The van der Waals surface area contributed by atoms with Crippen LogP contribution in [0.2, 0.25) is 0 Å². The highest BCUT2D eigenvalue weighted by Gasteiger charge is 2.31. The summed E-state index contributed by atoms with van der Waals surface area (Å²) in [5.74, 6) is -0.464. The highest BCUT2D eigenvalue weighted by Crippen LogP contribution is 2.33. The number of aryl methyl sites for hydroxylation is 2. The van der Waals surface area contributed by atoms with Gasteiger partial charge in [-0.3, -0.25) is 14.6 Å². The first-order chi connectivity index (χ1) is 16.0. The van der Waals surface area contributed by atoms with Crippen LogP contribution in [0.5, 0.6) is 0 Å². The van der Waals surface area contributed by atoms with Crippen LogP contribution in [0.25, 0.3) is 22.2 Å². The number of pyridine rings is 1. The smallest absolute Gasteiger partial charge is 0.295 e. The molecule has 4 aromatic rings. The van der Waals surface area contributed by atoms with Gasteiger partial charge in [0, 0.05) is 36.4 Å². The third-order valence-electron chi connectivity index (χ3n) is 6.60. The van der Waals surface area contributed by atoms with Crippen molar-refractivity contribution in [1.82, 2.24) is 14.9 Å². The third-order valence-corrected chi connectivity index (χ3v) is 6.60. The van der Waals surface area contributed by atoms with Crippen LogP contribution in [-0.4, -0.2) is 39.6 Å². The fraction of sp³-hybridized carbons (Fsp3) is 0.250. The number of ketones is 1. The summed E-state index contributed by atoms with van der Waals surface area (Å²) in [4.78, 5) is 36.2. The minimum absolute atomic E-state index is 0.395. The van der Waals surface area contributed by atoms with E-state index in [1.54, 1.807) is 4.90 Å². The van der Waals surface area contributed by atoms with Crippen LogP contribution in [0.15, 0.2) is 67.0 Å². The summed E-state index contributed by atoms with van der Waals surface area (Å²) in [6.45, 7) is 5.25. The molecule has 5 rings (SSSR count). The van der Waals surface area contributed by atoms with Crippen LogP contribution in [0.4, 0.5) is 0 Å². The number of rotatable bonds is 4. The van der Waals surface area contributed by atoms with Crippen LogP contribution < -0.4 is 0 Å². The van der Waals surface area contributed by atoms with Crippen LogP contribution >= 0.6 is 0 Å². The van der Waals surface area contributed by atoms with Crippen LogP contribution in [0, 0.1) is 13.8 Å². The molecule has 1 aliphatic heterocycles. The largest absolute Gasteiger partial charge is 0.354 e. The second kappa shape index (κ2) is 8.66. The van der Waals surface area contributed by atoms with E-state index in [0.717, 1.165) is 40.4 Å². The number of nitrogens with zero attached hydrogens (tertiary/aromatic N) is 2. The zero-order valence-electron chi connectivity index (χ0n) is 19.0. The van der Waals surface area contributed by atoms with Crippen molar-refractivity contribution in [1.29, 1.82) is 0 Å². The second-order valence-electron chi connectivity index (χ2n) is 8.97. The van der Waals surface area contributed by atoms with Crippen molar-refractivity contribution in [3.8, 4) is 11.3 Å². The van der Waals surface area contributed by atoms with Gasteiger partial charge in [-0.15, -0.1) is 0 Å². The molecule has 1 aliphatic rings. The molecule has 5 nitrogen and oxygen atoms in total. The topological polar surface area (TPSA) is 66.1 Å². The predicted octanol–water partition coefficient (Wildman–Crippen LogP) is 5.44. The molecule has 1 saturated heterocycles. The van der Waals surface area contributed by atoms with E-state index < -0.39 is 11.7 Å². The lowest BCUT2D eigenvalue weighted by Crippen LogP contribution is -2.41. The molecule has 0 radical (unpaired) electrons. The number of carbonyl (C=O) groups is 2. The Morgan fingerprint density at radius 1 is 0.939 bits per heavy atom. The van der Waals surface area contributed by atoms with Crippen molar-refractivity contribution in [2.75, 3.05) is 13.1 Å². The molecule has 33 heavy (non-hydrogen) atoms. The van der Waals surface area contributed by atoms with E-state index in [0.29, 0.717) is 30.3 Å². The Hall–Kier alpha value is -3.73. The van der Waals surface area contributed by atoms with Gasteiger partial charge in [-0.2, -0.15) is 0 Å². The van der Waals surface area contributed by atoms with Gasteiger partial charge in [0.05, 0.1) is 11.3 Å². The Balaban J connectivity index is 1.45. The zero-order chi connectivity index (χ0) is 22.9. The van der Waals surface area contributed by atoms with E-state index in [1.165, 1.54) is 5.56 Å². The molecule has 5 heteroatoms. The molecule has 166 valence electrons. The molecule has 0 spiro atoms. The van der Waals surface area contributed by atoms with E-state index >= 15 is 0 Å². The lowest BCUT2D eigenvalue weighted by atomic mass is 9.89. The van der Waals surface area contributed by atoms with Gasteiger partial charge in [-0.25, -0.2) is 0 Å². The molecule has 0 aliphatic carbocycles. The predicted molar refractivity (Wildman–Crippen MR) is 130 cm³/mol. The van der Waals surface area contributed by atoms with Crippen LogP contribution in [0.1, 0.15) is 45.8 Å². The Labute approximate surface area is 193 Å². The number of amides is 1. The molecular weight excluding hydrogens is 410 g/mol. The van der Waals surface area contributed by atoms with Crippen molar-refractivity contribution >= 4 is 22.6 Å². The summed E-state index contributed by atoms with van der Waals surface area (Å²) < 4.78 is 0. The second-order valence-corrected chi connectivity index (χ2v) is 8.97. The summed E-state index contributed by atoms with van der Waals surface area (Å²) in [6, 6.07) is 18.0. The van der Waals surface area contributed by atoms with Crippen molar-refractivity contribution in [2.24, 2.45) is 0 Å². The average molecular weight is 438 g/mol. The van der Waals surface area contributed by atoms with Crippen molar-refractivity contribution in [2.45, 2.75) is 32.6 Å². The summed E-state index contributed by atoms with van der Waals surface area (Å²) in [5.41, 5.74) is 6.45. The number of hydrogen-bond donors (Lipinski definition) is 1. The summed E-state index contributed by atoms with van der Waals surface area (Å²) >= 11 is 0. The molecule has 0 unspecified atom stereocenters. The lowest BCUT2D eigenvalue weighted by Gasteiger charge is -2.31. The number of piperidine rings is 1. The normalized spacial score (nSPS) is 14.5. The van der Waals surface area contributed by atoms with Gasteiger partial charge in [0.25, 0.3) is 11.7 Å². The van der Waals surface area contributed by atoms with Gasteiger partial charge in [0.15, 0.2) is 0 Å². The standard InChI is InChI=1S/C28H27N3O2/c1-18-15-19(2)17-22(16-18)26-25(23-5-3-4-6-24(23)30-26)27(32)28(33)31-13-9-21(10-14-31)20-7-11-29-12-8-20/h3-8,11-12,15-17,21,30H,9-10,13-14H2,1-2H3. The number of likely N-dealkylation sites (tertiary alicyclic amines) is 1. The molecule has 0 bridgehead atoms. The molecule has 0 saturated carbocycles. The number of fused-ring (bicyclic) bond motifs is 1. The number of para-hydroxylation sites is 1. The fourth-order valence-electron chi connectivity index (χ4n) is 5.02. The maximum atomic E-state index is 13.6. The number of aromatic nitrogens is 2. The maximum Gasteiger partial charge on any atom is 0.295 e. The fourth-order valence-corrected chi connectivity index (χ4v) is 5.02. The van der Waals surface area contributed by atoms with Gasteiger partial charge >= 0.3 is 0 Å². The quantitative estimate of drug-likeness (QED) is 0.342. The number of H-pyrrole nitrogens is 1. The van der Waals surface area contributed by atoms with E-state index in [1.807, 2.05) is 62.6 Å². The van der Waals surface area contributed by atoms with Gasteiger partial charge in [-0.05, 0) is 74.1 Å². The number of benzene rings is 2. The number of nitrogens with one attached hydrogen (secondary N) is 1. The van der Waals surface area contributed by atoms with Crippen LogP contribution in [0.3, 0.4) is 0 Å². The van der Waals surface area contributed by atoms with E-state index in [2.05, 4.69) is 28.2 Å². The number of aromatic amines is 1. The maximum absolute atomic E-state index is 13.6. The number of carbonyl (C=O) groups excluding carboxylic acids is 2. The first-order valence-electron chi connectivity index (χ1n) is 11.4. The Kier molecular flexibility index (Phi) is 5.55. The number of Topliss-reactive ketones (excluding diaryl/α,β-unsaturated/α-hetero) is 1. The van der Waals surface area contributed by atoms with Crippen molar-refractivity contribution < 1.29 is 9.59 Å². The van der Waals surface area contributed by atoms with Gasteiger partial charge in [-0.1, -0.05) is 35.4 Å². The molecular formula is C28H27N3O2. The molecule has 1 amide bonds. The Morgan fingerprint density at radius 3 is 2.30 bits per heavy atom. The SMILES string of the molecule is Cc1cc(C)cc(-c2[nH]c3ccccc3c2C(=O)C(=O)N2CCC(c3ccncc3)CC2)c1. The van der Waals surface area contributed by atoms with E-state index in [-0.39, 0.29) is 0 Å². The van der Waals surface area contributed by atoms with E-state index in [4.69, 9.17) is 0 Å². The monoisotopic (exact) mass is 437 g/mol. The average Bonchev–Trinajstić information content (AvgIpc) is 3.23. The van der Waals surface area contributed by atoms with Crippen molar-refractivity contribution in [3.63, 3.8) is 0 Å². The molecule has 2 aromatic heterocycles. The van der Waals surface area contributed by atoms with Gasteiger partial charge in [0.2, 0.25) is 0 Å². The summed E-state index contributed by atoms with van der Waals surface area (Å²) in [7, 11) is 0. The van der Waals surface area contributed by atoms with Gasteiger partial charge < -0.3 is 9.88 Å². The number of hydrogen-bond acceptors (Lipinski definition) is 3. The van der Waals surface area contributed by atoms with E-state index in [9.17, 15) is 9.59 Å². The zero-order valence-corrected chi connectivity index (χ0v) is 19.0. The molecule has 3 heterocycles. The van der Waals surface area contributed by atoms with Crippen LogP contribution in [-0.2, 0) is 4.79 Å². The molecule has 1 fully saturated rings. The molecule has 2 aromatic carbocycles. The molecule has 1 N–H and O–H groups in total. The Morgan fingerprint density at radius 2 is 1.61 bits per heavy atom. The molecule has 0 atom stereocenters. The highest BCUT2D eigenvalue weighted by molar-refractivity contribution is 6.46. The minimum Gasteiger partial charge on any atom is -0.354 e. The first-order valence-corrected chi connectivity index (χ1v) is 11.4. The van der Waals surface area contributed by atoms with Crippen molar-refractivity contribution in [3.05, 3.63) is 89.2 Å². The lowest BCUT2D eigenvalue weighted by molar-refractivity contribution is -0.127. The third kappa shape index (κ3) is 4.07. The summed E-state index contributed by atoms with van der Waals surface area (Å²) in [6.07, 6.45) is 5.31.